The zero-order valence-electron chi connectivity index (χ0n) is 11.2. The molecule has 1 aromatic rings. The molecule has 0 aromatic carbocycles. The van der Waals surface area contributed by atoms with Crippen molar-refractivity contribution in [3.05, 3.63) is 18.5 Å². The van der Waals surface area contributed by atoms with Gasteiger partial charge in [-0.1, -0.05) is 0 Å². The van der Waals surface area contributed by atoms with E-state index in [2.05, 4.69) is 15.3 Å². The monoisotopic (exact) mass is 264 g/mol. The molecule has 6 nitrogen and oxygen atoms in total. The maximum absolute atomic E-state index is 12.2. The summed E-state index contributed by atoms with van der Waals surface area (Å²) in [6.07, 6.45) is 4.58. The van der Waals surface area contributed by atoms with Crippen molar-refractivity contribution in [2.24, 2.45) is 5.41 Å². The van der Waals surface area contributed by atoms with E-state index in [1.807, 2.05) is 11.8 Å². The second-order valence-corrected chi connectivity index (χ2v) is 4.83. The lowest BCUT2D eigenvalue weighted by molar-refractivity contribution is -0.130. The summed E-state index contributed by atoms with van der Waals surface area (Å²) in [7, 11) is 0. The Labute approximate surface area is 112 Å². The van der Waals surface area contributed by atoms with Crippen LogP contribution in [0.1, 0.15) is 19.8 Å². The lowest BCUT2D eigenvalue weighted by atomic mass is 9.83. The molecule has 1 unspecified atom stereocenters. The van der Waals surface area contributed by atoms with Crippen molar-refractivity contribution < 1.29 is 9.90 Å². The number of carbonyl (C=O) groups excluding carboxylic acids is 1. The van der Waals surface area contributed by atoms with Gasteiger partial charge in [0.2, 0.25) is 11.9 Å². The molecule has 1 atom stereocenters. The van der Waals surface area contributed by atoms with Crippen molar-refractivity contribution in [2.75, 3.05) is 31.1 Å². The Balaban J connectivity index is 2.13. The van der Waals surface area contributed by atoms with E-state index in [9.17, 15) is 9.90 Å². The van der Waals surface area contributed by atoms with Crippen LogP contribution < -0.4 is 10.2 Å². The molecule has 19 heavy (non-hydrogen) atoms. The third-order valence-electron chi connectivity index (χ3n) is 3.60. The number of nitrogens with zero attached hydrogens (tertiary/aromatic N) is 3. The summed E-state index contributed by atoms with van der Waals surface area (Å²) >= 11 is 0. The Morgan fingerprint density at radius 2 is 2.26 bits per heavy atom. The smallest absolute Gasteiger partial charge is 0.228 e. The quantitative estimate of drug-likeness (QED) is 0.794. The fraction of sp³-hybridized carbons (Fsp3) is 0.615. The van der Waals surface area contributed by atoms with Crippen LogP contribution in [0, 0.1) is 5.41 Å². The minimum atomic E-state index is -0.524. The van der Waals surface area contributed by atoms with Crippen molar-refractivity contribution in [1.82, 2.24) is 15.3 Å². The van der Waals surface area contributed by atoms with Crippen LogP contribution in [0.25, 0.3) is 0 Å². The van der Waals surface area contributed by atoms with Crippen molar-refractivity contribution in [2.45, 2.75) is 19.8 Å². The third kappa shape index (κ3) is 2.84. The number of aliphatic hydroxyl groups is 1. The number of anilines is 1. The highest BCUT2D eigenvalue weighted by atomic mass is 16.3. The lowest BCUT2D eigenvalue weighted by Crippen LogP contribution is -2.43. The van der Waals surface area contributed by atoms with Crippen LogP contribution in [0.4, 0.5) is 5.95 Å². The van der Waals surface area contributed by atoms with Crippen LogP contribution in [-0.4, -0.2) is 47.2 Å². The van der Waals surface area contributed by atoms with Gasteiger partial charge < -0.3 is 15.3 Å². The van der Waals surface area contributed by atoms with Gasteiger partial charge in [-0.2, -0.15) is 0 Å². The molecule has 2 N–H and O–H groups in total. The van der Waals surface area contributed by atoms with E-state index in [0.29, 0.717) is 25.5 Å². The fourth-order valence-corrected chi connectivity index (χ4v) is 2.56. The zero-order chi connectivity index (χ0) is 13.7. The lowest BCUT2D eigenvalue weighted by Gasteiger charge is -2.27. The molecule has 2 heterocycles. The van der Waals surface area contributed by atoms with E-state index >= 15 is 0 Å². The number of aromatic nitrogens is 2. The van der Waals surface area contributed by atoms with Gasteiger partial charge in [-0.05, 0) is 25.8 Å². The molecule has 6 heteroatoms. The largest absolute Gasteiger partial charge is 0.396 e. The average Bonchev–Trinajstić information content (AvgIpc) is 2.86. The van der Waals surface area contributed by atoms with Gasteiger partial charge in [0.1, 0.15) is 0 Å². The molecular formula is C13H20N4O2. The van der Waals surface area contributed by atoms with E-state index in [1.54, 1.807) is 18.5 Å². The van der Waals surface area contributed by atoms with Gasteiger partial charge in [0.25, 0.3) is 0 Å². The Morgan fingerprint density at radius 1 is 1.53 bits per heavy atom. The van der Waals surface area contributed by atoms with E-state index in [4.69, 9.17) is 0 Å². The zero-order valence-corrected chi connectivity index (χ0v) is 11.2. The van der Waals surface area contributed by atoms with Crippen LogP contribution in [0.15, 0.2) is 18.5 Å². The molecule has 1 aliphatic heterocycles. The number of nitrogens with one attached hydrogen (secondary N) is 1. The van der Waals surface area contributed by atoms with Gasteiger partial charge in [-0.25, -0.2) is 9.97 Å². The predicted molar refractivity (Wildman–Crippen MR) is 71.7 cm³/mol. The molecule has 1 aliphatic rings. The van der Waals surface area contributed by atoms with Crippen molar-refractivity contribution in [3.63, 3.8) is 0 Å². The van der Waals surface area contributed by atoms with Crippen molar-refractivity contribution in [3.8, 4) is 0 Å². The fourth-order valence-electron chi connectivity index (χ4n) is 2.56. The molecule has 1 aromatic heterocycles. The molecule has 2 rings (SSSR count). The first kappa shape index (κ1) is 13.7. The maximum Gasteiger partial charge on any atom is 0.228 e. The van der Waals surface area contributed by atoms with Crippen molar-refractivity contribution in [1.29, 1.82) is 0 Å². The van der Waals surface area contributed by atoms with Gasteiger partial charge in [0.15, 0.2) is 0 Å². The summed E-state index contributed by atoms with van der Waals surface area (Å²) in [6.45, 7) is 3.82. The van der Waals surface area contributed by atoms with Gasteiger partial charge in [0.05, 0.1) is 5.41 Å². The standard InChI is InChI=1S/C13H20N4O2/c1-2-14-11(19)13(5-9-18)4-8-17(10-13)12-15-6-3-7-16-12/h3,6-7,18H,2,4-5,8-10H2,1H3,(H,14,19). The first-order valence-electron chi connectivity index (χ1n) is 6.63. The number of hydrogen-bond donors (Lipinski definition) is 2. The first-order chi connectivity index (χ1) is 9.22. The molecule has 104 valence electrons. The summed E-state index contributed by atoms with van der Waals surface area (Å²) in [5, 5.41) is 12.1. The normalized spacial score (nSPS) is 22.5. The highest BCUT2D eigenvalue weighted by Crippen LogP contribution is 2.35. The Hall–Kier alpha value is -1.69. The number of carbonyl (C=O) groups is 1. The molecule has 1 saturated heterocycles. The second kappa shape index (κ2) is 5.97. The minimum Gasteiger partial charge on any atom is -0.396 e. The van der Waals surface area contributed by atoms with Crippen molar-refractivity contribution >= 4 is 11.9 Å². The van der Waals surface area contributed by atoms with E-state index in [0.717, 1.165) is 13.0 Å². The molecule has 0 aliphatic carbocycles. The number of amides is 1. The summed E-state index contributed by atoms with van der Waals surface area (Å²) in [5.41, 5.74) is -0.524. The SMILES string of the molecule is CCNC(=O)C1(CCO)CCN(c2ncccn2)C1. The molecule has 1 amide bonds. The van der Waals surface area contributed by atoms with E-state index in [-0.39, 0.29) is 12.5 Å². The third-order valence-corrected chi connectivity index (χ3v) is 3.60. The van der Waals surface area contributed by atoms with Gasteiger partial charge in [-0.15, -0.1) is 0 Å². The molecule has 0 radical (unpaired) electrons. The summed E-state index contributed by atoms with van der Waals surface area (Å²) in [5.74, 6) is 0.661. The highest BCUT2D eigenvalue weighted by molar-refractivity contribution is 5.84. The minimum absolute atomic E-state index is 0.0145. The van der Waals surface area contributed by atoms with E-state index in [1.165, 1.54) is 0 Å². The van der Waals surface area contributed by atoms with Crippen LogP contribution in [-0.2, 0) is 4.79 Å². The average molecular weight is 264 g/mol. The van der Waals surface area contributed by atoms with Gasteiger partial charge >= 0.3 is 0 Å². The second-order valence-electron chi connectivity index (χ2n) is 4.83. The number of aliphatic hydroxyl groups excluding tert-OH is 1. The summed E-state index contributed by atoms with van der Waals surface area (Å²) < 4.78 is 0. The number of hydrogen-bond acceptors (Lipinski definition) is 5. The van der Waals surface area contributed by atoms with Crippen LogP contribution in [0.2, 0.25) is 0 Å². The topological polar surface area (TPSA) is 78.4 Å². The Bertz CT molecular complexity index is 426. The maximum atomic E-state index is 12.2. The predicted octanol–water partition coefficient (Wildman–Crippen LogP) is 0.192. The molecule has 0 saturated carbocycles. The number of rotatable bonds is 5. The highest BCUT2D eigenvalue weighted by Gasteiger charge is 2.44. The van der Waals surface area contributed by atoms with Crippen LogP contribution in [0.3, 0.4) is 0 Å². The summed E-state index contributed by atoms with van der Waals surface area (Å²) in [4.78, 5) is 22.7. The molecule has 0 bridgehead atoms. The van der Waals surface area contributed by atoms with Crippen LogP contribution >= 0.6 is 0 Å². The van der Waals surface area contributed by atoms with Gasteiger partial charge in [-0.3, -0.25) is 4.79 Å². The Morgan fingerprint density at radius 3 is 2.89 bits per heavy atom. The Kier molecular flexibility index (Phi) is 4.31. The van der Waals surface area contributed by atoms with Crippen LogP contribution in [0.5, 0.6) is 0 Å². The molecule has 1 fully saturated rings. The van der Waals surface area contributed by atoms with E-state index < -0.39 is 5.41 Å². The summed E-state index contributed by atoms with van der Waals surface area (Å²) in [6, 6.07) is 1.77. The molecular weight excluding hydrogens is 244 g/mol. The first-order valence-corrected chi connectivity index (χ1v) is 6.63. The molecule has 0 spiro atoms. The van der Waals surface area contributed by atoms with Gasteiger partial charge in [0, 0.05) is 38.6 Å².